The smallest absolute Gasteiger partial charge is 0.340 e. The van der Waals surface area contributed by atoms with Crippen molar-refractivity contribution in [2.75, 3.05) is 0 Å². The summed E-state index contributed by atoms with van der Waals surface area (Å²) in [7, 11) is -3.75. The van der Waals surface area contributed by atoms with E-state index < -0.39 is 22.1 Å². The van der Waals surface area contributed by atoms with Crippen molar-refractivity contribution in [3.8, 4) is 11.4 Å². The fraction of sp³-hybridized carbons (Fsp3) is 0.217. The second-order valence-electron chi connectivity index (χ2n) is 7.81. The molecular formula is C23H23N5O5S. The summed E-state index contributed by atoms with van der Waals surface area (Å²) >= 11 is 0. The summed E-state index contributed by atoms with van der Waals surface area (Å²) in [5.74, 6) is 0.0196. The minimum Gasteiger partial charge on any atom is -0.449 e. The van der Waals surface area contributed by atoms with Crippen molar-refractivity contribution in [1.29, 1.82) is 0 Å². The molecule has 4 rings (SSSR count). The van der Waals surface area contributed by atoms with Crippen molar-refractivity contribution >= 4 is 16.0 Å². The summed E-state index contributed by atoms with van der Waals surface area (Å²) in [4.78, 5) is 21.3. The average molecular weight is 482 g/mol. The van der Waals surface area contributed by atoms with Crippen molar-refractivity contribution < 1.29 is 22.5 Å². The highest BCUT2D eigenvalue weighted by Gasteiger charge is 2.23. The van der Waals surface area contributed by atoms with E-state index in [1.807, 2.05) is 18.4 Å². The van der Waals surface area contributed by atoms with Crippen LogP contribution in [0.3, 0.4) is 0 Å². The molecule has 0 saturated carbocycles. The summed E-state index contributed by atoms with van der Waals surface area (Å²) in [5.41, 5.74) is 3.53. The maximum absolute atomic E-state index is 12.9. The van der Waals surface area contributed by atoms with Gasteiger partial charge in [0.2, 0.25) is 15.8 Å². The number of carbonyl (C=O) groups excluding carboxylic acids is 1. The molecule has 1 aromatic carbocycles. The lowest BCUT2D eigenvalue weighted by atomic mass is 10.2. The summed E-state index contributed by atoms with van der Waals surface area (Å²) < 4.78 is 35.7. The Morgan fingerprint density at radius 1 is 1.21 bits per heavy atom. The normalized spacial score (nSPS) is 12.5. The predicted molar refractivity (Wildman–Crippen MR) is 122 cm³/mol. The van der Waals surface area contributed by atoms with E-state index in [0.717, 1.165) is 11.3 Å². The number of aromatic nitrogens is 4. The SMILES string of the molecule is Cc1cc(C(=O)OC(C)c2nc(-c3cccnc3)no2)c(C)n1Cc1ccc(S(N)(=O)=O)cc1. The Bertz CT molecular complexity index is 1430. The van der Waals surface area contributed by atoms with Gasteiger partial charge in [-0.25, -0.2) is 18.4 Å². The number of esters is 1. The molecule has 34 heavy (non-hydrogen) atoms. The maximum Gasteiger partial charge on any atom is 0.340 e. The number of sulfonamides is 1. The van der Waals surface area contributed by atoms with E-state index in [2.05, 4.69) is 15.1 Å². The number of nitrogens with two attached hydrogens (primary N) is 1. The Morgan fingerprint density at radius 3 is 2.59 bits per heavy atom. The zero-order valence-electron chi connectivity index (χ0n) is 18.8. The van der Waals surface area contributed by atoms with Gasteiger partial charge in [-0.1, -0.05) is 17.3 Å². The Balaban J connectivity index is 1.48. The van der Waals surface area contributed by atoms with Crippen molar-refractivity contribution in [1.82, 2.24) is 19.7 Å². The quantitative estimate of drug-likeness (QED) is 0.397. The van der Waals surface area contributed by atoms with Crippen LogP contribution in [0.1, 0.15) is 46.2 Å². The number of hydrogen-bond donors (Lipinski definition) is 1. The van der Waals surface area contributed by atoms with Gasteiger partial charge in [-0.05, 0) is 56.7 Å². The standard InChI is InChI=1S/C23H23N5O5S/c1-14-11-20(15(2)28(14)13-17-6-8-19(9-7-17)34(24,30)31)23(29)32-16(3)22-26-21(27-33-22)18-5-4-10-25-12-18/h4-12,16H,13H2,1-3H3,(H2,24,30,31). The molecule has 0 saturated heterocycles. The summed E-state index contributed by atoms with van der Waals surface area (Å²) in [5, 5.41) is 9.08. The predicted octanol–water partition coefficient (Wildman–Crippen LogP) is 3.16. The van der Waals surface area contributed by atoms with Crippen LogP contribution in [0.4, 0.5) is 0 Å². The van der Waals surface area contributed by atoms with Crippen LogP contribution in [0.25, 0.3) is 11.4 Å². The summed E-state index contributed by atoms with van der Waals surface area (Å²) in [6, 6.07) is 11.6. The second kappa shape index (κ2) is 9.20. The first kappa shape index (κ1) is 23.3. The molecule has 2 N–H and O–H groups in total. The molecule has 1 atom stereocenters. The van der Waals surface area contributed by atoms with Gasteiger partial charge < -0.3 is 13.8 Å². The number of primary sulfonamides is 1. The molecule has 0 bridgehead atoms. The van der Waals surface area contributed by atoms with Gasteiger partial charge in [-0.3, -0.25) is 4.98 Å². The van der Waals surface area contributed by atoms with Crippen LogP contribution < -0.4 is 5.14 Å². The zero-order valence-corrected chi connectivity index (χ0v) is 19.6. The maximum atomic E-state index is 12.9. The van der Waals surface area contributed by atoms with Gasteiger partial charge in [-0.15, -0.1) is 0 Å². The van der Waals surface area contributed by atoms with Crippen LogP contribution in [0, 0.1) is 13.8 Å². The van der Waals surface area contributed by atoms with Crippen molar-refractivity contribution in [3.63, 3.8) is 0 Å². The zero-order chi connectivity index (χ0) is 24.5. The third-order valence-corrected chi connectivity index (χ3v) is 6.31. The minimum absolute atomic E-state index is 0.0446. The lowest BCUT2D eigenvalue weighted by Crippen LogP contribution is -2.12. The van der Waals surface area contributed by atoms with E-state index in [-0.39, 0.29) is 10.8 Å². The van der Waals surface area contributed by atoms with Gasteiger partial charge in [0.05, 0.1) is 10.5 Å². The molecule has 1 unspecified atom stereocenters. The topological polar surface area (TPSA) is 143 Å². The molecule has 0 aliphatic rings. The molecule has 0 aliphatic heterocycles. The third-order valence-electron chi connectivity index (χ3n) is 5.38. The molecule has 0 fully saturated rings. The van der Waals surface area contributed by atoms with Crippen molar-refractivity contribution in [2.45, 2.75) is 38.3 Å². The minimum atomic E-state index is -3.75. The number of nitrogens with zero attached hydrogens (tertiary/aromatic N) is 4. The molecule has 0 spiro atoms. The number of benzene rings is 1. The van der Waals surface area contributed by atoms with E-state index in [4.69, 9.17) is 14.4 Å². The average Bonchev–Trinajstić information content (AvgIpc) is 3.41. The van der Waals surface area contributed by atoms with Crippen LogP contribution in [0.2, 0.25) is 0 Å². The Labute approximate surface area is 196 Å². The summed E-state index contributed by atoms with van der Waals surface area (Å²) in [6.45, 7) is 5.80. The summed E-state index contributed by atoms with van der Waals surface area (Å²) in [6.07, 6.45) is 2.51. The first-order valence-electron chi connectivity index (χ1n) is 10.4. The molecule has 4 aromatic rings. The third kappa shape index (κ3) is 4.90. The van der Waals surface area contributed by atoms with E-state index in [1.54, 1.807) is 49.6 Å². The van der Waals surface area contributed by atoms with Gasteiger partial charge in [0, 0.05) is 35.9 Å². The molecule has 0 radical (unpaired) electrons. The first-order valence-corrected chi connectivity index (χ1v) is 11.9. The molecule has 3 aromatic heterocycles. The van der Waals surface area contributed by atoms with E-state index in [1.165, 1.54) is 12.1 Å². The van der Waals surface area contributed by atoms with Crippen LogP contribution in [-0.2, 0) is 21.3 Å². The second-order valence-corrected chi connectivity index (χ2v) is 9.37. The Kier molecular flexibility index (Phi) is 6.31. The Morgan fingerprint density at radius 2 is 1.94 bits per heavy atom. The number of rotatable bonds is 7. The van der Waals surface area contributed by atoms with E-state index in [9.17, 15) is 13.2 Å². The van der Waals surface area contributed by atoms with Gasteiger partial charge in [0.25, 0.3) is 5.89 Å². The van der Waals surface area contributed by atoms with Gasteiger partial charge in [-0.2, -0.15) is 4.98 Å². The molecule has 176 valence electrons. The lowest BCUT2D eigenvalue weighted by molar-refractivity contribution is 0.0264. The van der Waals surface area contributed by atoms with Gasteiger partial charge in [0.15, 0.2) is 6.10 Å². The van der Waals surface area contributed by atoms with Gasteiger partial charge in [0.1, 0.15) is 0 Å². The molecule has 11 heteroatoms. The van der Waals surface area contributed by atoms with Crippen molar-refractivity contribution in [3.05, 3.63) is 83.3 Å². The molecular weight excluding hydrogens is 458 g/mol. The molecule has 10 nitrogen and oxygen atoms in total. The number of pyridine rings is 1. The first-order chi connectivity index (χ1) is 16.1. The highest BCUT2D eigenvalue weighted by molar-refractivity contribution is 7.89. The number of aryl methyl sites for hydroxylation is 1. The fourth-order valence-electron chi connectivity index (χ4n) is 3.51. The van der Waals surface area contributed by atoms with Crippen LogP contribution in [0.5, 0.6) is 0 Å². The molecule has 0 aliphatic carbocycles. The number of ether oxygens (including phenoxy) is 1. The number of carbonyl (C=O) groups is 1. The van der Waals surface area contributed by atoms with Gasteiger partial charge >= 0.3 is 5.97 Å². The lowest BCUT2D eigenvalue weighted by Gasteiger charge is -2.12. The van der Waals surface area contributed by atoms with E-state index in [0.29, 0.717) is 29.2 Å². The highest BCUT2D eigenvalue weighted by Crippen LogP contribution is 2.24. The number of hydrogen-bond acceptors (Lipinski definition) is 8. The Hall–Kier alpha value is -3.83. The fourth-order valence-corrected chi connectivity index (χ4v) is 4.02. The van der Waals surface area contributed by atoms with Crippen LogP contribution in [0.15, 0.2) is 64.3 Å². The largest absolute Gasteiger partial charge is 0.449 e. The molecule has 0 amide bonds. The van der Waals surface area contributed by atoms with Crippen LogP contribution >= 0.6 is 0 Å². The highest BCUT2D eigenvalue weighted by atomic mass is 32.2. The van der Waals surface area contributed by atoms with E-state index >= 15 is 0 Å². The van der Waals surface area contributed by atoms with Crippen LogP contribution in [-0.4, -0.2) is 34.1 Å². The monoisotopic (exact) mass is 481 g/mol. The molecule has 3 heterocycles. The van der Waals surface area contributed by atoms with Crippen molar-refractivity contribution in [2.24, 2.45) is 5.14 Å².